The molecule has 0 unspecified atom stereocenters. The van der Waals surface area contributed by atoms with Gasteiger partial charge in [-0.05, 0) is 38.5 Å². The Balaban J connectivity index is 1.79. The van der Waals surface area contributed by atoms with E-state index in [0.717, 1.165) is 0 Å². The van der Waals surface area contributed by atoms with Crippen molar-refractivity contribution in [2.75, 3.05) is 46.9 Å². The fourth-order valence-electron chi connectivity index (χ4n) is 3.80. The van der Waals surface area contributed by atoms with Crippen LogP contribution in [0.4, 0.5) is 9.59 Å². The third-order valence-electron chi connectivity index (χ3n) is 5.39. The standard InChI is InChI=1S/C23H32N4O6/c1-23(2,3)33-22(30)27-11-9-26(10-12-27)14-17-18(20(28)32-5)19(25-21(29)24-17)15-7-6-8-16(13-15)31-4/h6-8,13,19H,9-12,14H2,1-5H3,(H2,24,25,29)/t19-/m1/s1. The topological polar surface area (TPSA) is 109 Å². The van der Waals surface area contributed by atoms with Crippen LogP contribution >= 0.6 is 0 Å². The van der Waals surface area contributed by atoms with E-state index in [4.69, 9.17) is 14.2 Å². The van der Waals surface area contributed by atoms with E-state index in [0.29, 0.717) is 55.3 Å². The lowest BCUT2D eigenvalue weighted by atomic mass is 9.94. The molecule has 1 aromatic carbocycles. The van der Waals surface area contributed by atoms with Crippen LogP contribution in [-0.2, 0) is 14.3 Å². The number of piperazine rings is 1. The normalized spacial score (nSPS) is 19.5. The van der Waals surface area contributed by atoms with Crippen molar-refractivity contribution in [3.05, 3.63) is 41.1 Å². The van der Waals surface area contributed by atoms with Crippen LogP contribution in [0.5, 0.6) is 5.75 Å². The number of carbonyl (C=O) groups excluding carboxylic acids is 3. The van der Waals surface area contributed by atoms with Crippen LogP contribution in [0, 0.1) is 0 Å². The zero-order valence-electron chi connectivity index (χ0n) is 19.8. The Kier molecular flexibility index (Phi) is 7.47. The highest BCUT2D eigenvalue weighted by Gasteiger charge is 2.35. The van der Waals surface area contributed by atoms with Crippen molar-refractivity contribution < 1.29 is 28.6 Å². The van der Waals surface area contributed by atoms with Crippen molar-refractivity contribution >= 4 is 18.1 Å². The van der Waals surface area contributed by atoms with Crippen molar-refractivity contribution in [2.24, 2.45) is 0 Å². The Labute approximate surface area is 193 Å². The van der Waals surface area contributed by atoms with Crippen LogP contribution in [0.2, 0.25) is 0 Å². The Morgan fingerprint density at radius 3 is 2.42 bits per heavy atom. The summed E-state index contributed by atoms with van der Waals surface area (Å²) in [5.41, 5.74) is 0.962. The lowest BCUT2D eigenvalue weighted by Crippen LogP contribution is -2.53. The SMILES string of the molecule is COC(=O)C1=C(CN2CCN(C(=O)OC(C)(C)C)CC2)NC(=O)N[C@@H]1c1cccc(OC)c1. The molecule has 1 atom stereocenters. The zero-order chi connectivity index (χ0) is 24.2. The number of rotatable bonds is 5. The van der Waals surface area contributed by atoms with Gasteiger partial charge in [-0.3, -0.25) is 4.90 Å². The van der Waals surface area contributed by atoms with Crippen LogP contribution in [0.1, 0.15) is 32.4 Å². The fraction of sp³-hybridized carbons (Fsp3) is 0.522. The lowest BCUT2D eigenvalue weighted by molar-refractivity contribution is -0.136. The van der Waals surface area contributed by atoms with E-state index < -0.39 is 23.6 Å². The minimum absolute atomic E-state index is 0.333. The predicted octanol–water partition coefficient (Wildman–Crippen LogP) is 2.03. The van der Waals surface area contributed by atoms with Gasteiger partial charge in [-0.25, -0.2) is 14.4 Å². The van der Waals surface area contributed by atoms with Gasteiger partial charge in [0.05, 0.1) is 25.8 Å². The van der Waals surface area contributed by atoms with E-state index in [1.165, 1.54) is 7.11 Å². The summed E-state index contributed by atoms with van der Waals surface area (Å²) in [6.07, 6.45) is -0.343. The van der Waals surface area contributed by atoms with Gasteiger partial charge in [-0.1, -0.05) is 12.1 Å². The van der Waals surface area contributed by atoms with Gasteiger partial charge in [-0.15, -0.1) is 0 Å². The average Bonchev–Trinajstić information content (AvgIpc) is 2.77. The molecule has 1 aromatic rings. The molecular formula is C23H32N4O6. The molecule has 33 heavy (non-hydrogen) atoms. The Hall–Kier alpha value is -3.27. The minimum atomic E-state index is -0.681. The van der Waals surface area contributed by atoms with E-state index in [2.05, 4.69) is 15.5 Å². The molecule has 0 radical (unpaired) electrons. The average molecular weight is 461 g/mol. The summed E-state index contributed by atoms with van der Waals surface area (Å²) in [4.78, 5) is 41.3. The van der Waals surface area contributed by atoms with Gasteiger partial charge in [-0.2, -0.15) is 0 Å². The van der Waals surface area contributed by atoms with Gasteiger partial charge in [0, 0.05) is 38.4 Å². The summed E-state index contributed by atoms with van der Waals surface area (Å²) >= 11 is 0. The molecule has 0 aliphatic carbocycles. The number of nitrogens with one attached hydrogen (secondary N) is 2. The molecule has 2 aliphatic rings. The van der Waals surface area contributed by atoms with E-state index in [9.17, 15) is 14.4 Å². The van der Waals surface area contributed by atoms with Crippen molar-refractivity contribution in [1.29, 1.82) is 0 Å². The number of nitrogens with zero attached hydrogens (tertiary/aromatic N) is 2. The van der Waals surface area contributed by atoms with Gasteiger partial charge >= 0.3 is 18.1 Å². The van der Waals surface area contributed by atoms with Crippen molar-refractivity contribution in [1.82, 2.24) is 20.4 Å². The molecular weight excluding hydrogens is 428 g/mol. The largest absolute Gasteiger partial charge is 0.497 e. The molecule has 2 N–H and O–H groups in total. The van der Waals surface area contributed by atoms with E-state index in [-0.39, 0.29) is 6.09 Å². The van der Waals surface area contributed by atoms with Crippen molar-refractivity contribution in [3.8, 4) is 5.75 Å². The number of ether oxygens (including phenoxy) is 3. The number of esters is 1. The molecule has 180 valence electrons. The first-order valence-electron chi connectivity index (χ1n) is 10.8. The highest BCUT2D eigenvalue weighted by Crippen LogP contribution is 2.30. The molecule has 3 rings (SSSR count). The molecule has 2 heterocycles. The van der Waals surface area contributed by atoms with Gasteiger partial charge < -0.3 is 29.7 Å². The zero-order valence-corrected chi connectivity index (χ0v) is 19.8. The van der Waals surface area contributed by atoms with Crippen LogP contribution in [0.3, 0.4) is 0 Å². The number of carbonyl (C=O) groups is 3. The number of amides is 3. The fourth-order valence-corrected chi connectivity index (χ4v) is 3.80. The first-order chi connectivity index (χ1) is 15.6. The highest BCUT2D eigenvalue weighted by molar-refractivity contribution is 5.95. The van der Waals surface area contributed by atoms with E-state index in [1.807, 2.05) is 26.8 Å². The summed E-state index contributed by atoms with van der Waals surface area (Å²) in [7, 11) is 2.87. The third-order valence-corrected chi connectivity index (χ3v) is 5.39. The maximum absolute atomic E-state index is 12.7. The Morgan fingerprint density at radius 1 is 1.12 bits per heavy atom. The molecule has 0 saturated carbocycles. The lowest BCUT2D eigenvalue weighted by Gasteiger charge is -2.37. The third kappa shape index (κ3) is 6.16. The molecule has 1 saturated heterocycles. The molecule has 0 aromatic heterocycles. The summed E-state index contributed by atoms with van der Waals surface area (Å²) in [5.74, 6) is 0.0852. The van der Waals surface area contributed by atoms with Crippen LogP contribution < -0.4 is 15.4 Å². The van der Waals surface area contributed by atoms with Gasteiger partial charge in [0.1, 0.15) is 11.4 Å². The number of urea groups is 1. The minimum Gasteiger partial charge on any atom is -0.497 e. The predicted molar refractivity (Wildman–Crippen MR) is 121 cm³/mol. The summed E-state index contributed by atoms with van der Waals surface area (Å²) in [5, 5.41) is 5.58. The van der Waals surface area contributed by atoms with E-state index >= 15 is 0 Å². The monoisotopic (exact) mass is 460 g/mol. The van der Waals surface area contributed by atoms with Crippen molar-refractivity contribution in [2.45, 2.75) is 32.4 Å². The Bertz CT molecular complexity index is 931. The summed E-state index contributed by atoms with van der Waals surface area (Å²) < 4.78 is 15.8. The summed E-state index contributed by atoms with van der Waals surface area (Å²) in [6.45, 7) is 7.96. The molecule has 0 spiro atoms. The van der Waals surface area contributed by atoms with Crippen LogP contribution in [-0.4, -0.2) is 80.4 Å². The van der Waals surface area contributed by atoms with E-state index in [1.54, 1.807) is 30.2 Å². The molecule has 10 heteroatoms. The van der Waals surface area contributed by atoms with Crippen LogP contribution in [0.25, 0.3) is 0 Å². The maximum Gasteiger partial charge on any atom is 0.410 e. The second-order valence-electron chi connectivity index (χ2n) is 8.94. The highest BCUT2D eigenvalue weighted by atomic mass is 16.6. The van der Waals surface area contributed by atoms with Gasteiger partial charge in [0.2, 0.25) is 0 Å². The first-order valence-corrected chi connectivity index (χ1v) is 10.8. The first kappa shape index (κ1) is 24.4. The maximum atomic E-state index is 12.7. The second-order valence-corrected chi connectivity index (χ2v) is 8.94. The Morgan fingerprint density at radius 2 is 1.82 bits per heavy atom. The van der Waals surface area contributed by atoms with Crippen LogP contribution in [0.15, 0.2) is 35.5 Å². The quantitative estimate of drug-likeness (QED) is 0.647. The molecule has 3 amide bonds. The molecule has 0 bridgehead atoms. The second kappa shape index (κ2) is 10.1. The van der Waals surface area contributed by atoms with Gasteiger partial charge in [0.15, 0.2) is 0 Å². The molecule has 10 nitrogen and oxygen atoms in total. The smallest absolute Gasteiger partial charge is 0.410 e. The molecule has 2 aliphatic heterocycles. The molecule has 1 fully saturated rings. The number of methoxy groups -OCH3 is 2. The number of hydrogen-bond acceptors (Lipinski definition) is 7. The van der Waals surface area contributed by atoms with Crippen molar-refractivity contribution in [3.63, 3.8) is 0 Å². The van der Waals surface area contributed by atoms with Gasteiger partial charge in [0.25, 0.3) is 0 Å². The summed E-state index contributed by atoms with van der Waals surface area (Å²) in [6, 6.07) is 6.10. The number of benzene rings is 1. The number of hydrogen-bond donors (Lipinski definition) is 2.